The van der Waals surface area contributed by atoms with Gasteiger partial charge in [0.05, 0.1) is 0 Å². The molecule has 0 aromatic carbocycles. The van der Waals surface area contributed by atoms with Crippen molar-refractivity contribution in [1.29, 1.82) is 0 Å². The molecule has 0 saturated carbocycles. The van der Waals surface area contributed by atoms with Crippen LogP contribution in [0, 0.1) is 0 Å². The Hall–Kier alpha value is 1.21. The van der Waals surface area contributed by atoms with Gasteiger partial charge in [0.15, 0.2) is 0 Å². The first-order chi connectivity index (χ1) is 5.37. The molecular weight excluding hydrogens is 239 g/mol. The second-order valence-electron chi connectivity index (χ2n) is 1.95. The van der Waals surface area contributed by atoms with Crippen LogP contribution in [0.1, 0.15) is 11.2 Å². The Morgan fingerprint density at radius 2 is 1.27 bits per heavy atom. The van der Waals surface area contributed by atoms with Crippen LogP contribution in [-0.4, -0.2) is 44.4 Å². The third-order valence-electron chi connectivity index (χ3n) is 1.16. The van der Waals surface area contributed by atoms with E-state index in [4.69, 9.17) is 15.3 Å². The second kappa shape index (κ2) is 11.7. The van der Waals surface area contributed by atoms with E-state index in [0.29, 0.717) is 0 Å². The molecule has 0 rings (SSSR count). The third-order valence-corrected chi connectivity index (χ3v) is 1.16. The molecule has 0 radical (unpaired) electrons. The molecule has 0 spiro atoms. The van der Waals surface area contributed by atoms with E-state index >= 15 is 0 Å². The summed E-state index contributed by atoms with van der Waals surface area (Å²) in [6.45, 7) is 0.963. The molecule has 0 heterocycles. The van der Waals surface area contributed by atoms with Crippen molar-refractivity contribution in [3.8, 4) is 0 Å². The van der Waals surface area contributed by atoms with Gasteiger partial charge in [-0.25, -0.2) is 14.4 Å². The van der Waals surface area contributed by atoms with E-state index in [0.717, 1.165) is 6.92 Å². The number of imide groups is 1. The van der Waals surface area contributed by atoms with Crippen LogP contribution in [0.2, 0.25) is 0 Å². The molecule has 3 N–H and O–H groups in total. The van der Waals surface area contributed by atoms with Crippen molar-refractivity contribution in [3.63, 3.8) is 0 Å². The summed E-state index contributed by atoms with van der Waals surface area (Å²) in [6.07, 6.45) is -3.62. The summed E-state index contributed by atoms with van der Waals surface area (Å²) in [5, 5.41) is 24.8. The first kappa shape index (κ1) is 25.2. The maximum Gasteiger partial charge on any atom is 1.00 e. The van der Waals surface area contributed by atoms with Crippen LogP contribution in [0.15, 0.2) is 0 Å². The van der Waals surface area contributed by atoms with Gasteiger partial charge in [-0.3, -0.25) is 0 Å². The molecule has 10 heteroatoms. The zero-order chi connectivity index (χ0) is 9.89. The number of aliphatic carboxylic acids is 1. The van der Waals surface area contributed by atoms with Crippen molar-refractivity contribution in [2.45, 2.75) is 13.0 Å². The monoisotopic (exact) mass is 249 g/mol. The van der Waals surface area contributed by atoms with Crippen molar-refractivity contribution in [3.05, 3.63) is 0 Å². The van der Waals surface area contributed by atoms with Crippen LogP contribution in [0.4, 0.5) is 9.59 Å². The number of carboxylic acid groups (broad SMARTS) is 3. The molecule has 0 aliphatic heterocycles. The summed E-state index contributed by atoms with van der Waals surface area (Å²) >= 11 is 0. The molecule has 0 aliphatic carbocycles. The normalized spacial score (nSPS) is 9.40. The molecular formula is C5H10NNa3O6. The Kier molecular flexibility index (Phi) is 19.6. The Morgan fingerprint density at radius 3 is 1.33 bits per heavy atom. The first-order valence-electron chi connectivity index (χ1n) is 2.85. The standard InChI is InChI=1S/C5H7NO6.3Na.3H/c1-2(3(7)8)6(4(9)10)5(11)12;;;;;;/h2H,1H3,(H,7,8)(H,9,10)(H,11,12);;;;;;/q;3*+1;3*-1/t2-;;;;;;/m0....../s1. The number of rotatable bonds is 2. The van der Waals surface area contributed by atoms with E-state index in [1.807, 2.05) is 0 Å². The van der Waals surface area contributed by atoms with Gasteiger partial charge in [-0.05, 0) is 6.92 Å². The van der Waals surface area contributed by atoms with Crippen LogP contribution in [-0.2, 0) is 4.79 Å². The van der Waals surface area contributed by atoms with E-state index < -0.39 is 24.2 Å². The molecule has 7 nitrogen and oxygen atoms in total. The van der Waals surface area contributed by atoms with Crippen molar-refractivity contribution in [1.82, 2.24) is 4.90 Å². The quantitative estimate of drug-likeness (QED) is 0.419. The summed E-state index contributed by atoms with van der Waals surface area (Å²) in [4.78, 5) is 30.3. The fourth-order valence-electron chi connectivity index (χ4n) is 0.524. The summed E-state index contributed by atoms with van der Waals surface area (Å²) in [5.74, 6) is -1.51. The third kappa shape index (κ3) is 8.96. The van der Waals surface area contributed by atoms with Gasteiger partial charge in [-0.1, -0.05) is 0 Å². The Balaban J connectivity index is -0.0000000403. The smallest absolute Gasteiger partial charge is 1.00 e. The Bertz CT molecular complexity index is 233. The number of hydrogen-bond donors (Lipinski definition) is 3. The van der Waals surface area contributed by atoms with Crippen molar-refractivity contribution in [2.75, 3.05) is 0 Å². The van der Waals surface area contributed by atoms with Crippen LogP contribution in [0.25, 0.3) is 0 Å². The minimum Gasteiger partial charge on any atom is -1.00 e. The zero-order valence-corrected chi connectivity index (χ0v) is 15.1. The van der Waals surface area contributed by atoms with Crippen molar-refractivity contribution < 1.29 is 123 Å². The average molecular weight is 249 g/mol. The minimum absolute atomic E-state index is 0. The van der Waals surface area contributed by atoms with E-state index in [9.17, 15) is 14.4 Å². The van der Waals surface area contributed by atoms with Gasteiger partial charge in [-0.2, -0.15) is 4.90 Å². The molecule has 74 valence electrons. The van der Waals surface area contributed by atoms with E-state index in [1.54, 1.807) is 0 Å². The van der Waals surface area contributed by atoms with Crippen LogP contribution in [0.3, 0.4) is 0 Å². The molecule has 15 heavy (non-hydrogen) atoms. The van der Waals surface area contributed by atoms with Gasteiger partial charge < -0.3 is 19.6 Å². The number of carboxylic acids is 1. The van der Waals surface area contributed by atoms with Gasteiger partial charge in [0.2, 0.25) is 0 Å². The maximum atomic E-state index is 10.2. The second-order valence-corrected chi connectivity index (χ2v) is 1.95. The first-order valence-corrected chi connectivity index (χ1v) is 2.85. The largest absolute Gasteiger partial charge is 1.00 e. The fraction of sp³-hybridized carbons (Fsp3) is 0.400. The molecule has 0 aliphatic rings. The molecule has 0 saturated heterocycles. The van der Waals surface area contributed by atoms with E-state index in [-0.39, 0.29) is 97.9 Å². The van der Waals surface area contributed by atoms with Crippen molar-refractivity contribution in [2.24, 2.45) is 0 Å². The number of nitrogens with zero attached hydrogens (tertiary/aromatic N) is 1. The van der Waals surface area contributed by atoms with Crippen LogP contribution < -0.4 is 88.7 Å². The summed E-state index contributed by atoms with van der Waals surface area (Å²) in [7, 11) is 0. The van der Waals surface area contributed by atoms with Gasteiger partial charge in [0.25, 0.3) is 0 Å². The topological polar surface area (TPSA) is 115 Å². The zero-order valence-electron chi connectivity index (χ0n) is 12.1. The fourth-order valence-corrected chi connectivity index (χ4v) is 0.524. The van der Waals surface area contributed by atoms with Crippen LogP contribution in [0.5, 0.6) is 0 Å². The average Bonchev–Trinajstić information content (AvgIpc) is 1.85. The van der Waals surface area contributed by atoms with Gasteiger partial charge in [-0.15, -0.1) is 0 Å². The number of carbonyl (C=O) groups is 3. The number of hydrogen-bond acceptors (Lipinski definition) is 3. The van der Waals surface area contributed by atoms with Gasteiger partial charge in [0, 0.05) is 0 Å². The summed E-state index contributed by atoms with van der Waals surface area (Å²) < 4.78 is 0. The Labute approximate surface area is 157 Å². The molecule has 0 unspecified atom stereocenters. The van der Waals surface area contributed by atoms with Gasteiger partial charge in [0.1, 0.15) is 6.04 Å². The molecule has 0 bridgehead atoms. The molecule has 0 fully saturated rings. The van der Waals surface area contributed by atoms with Crippen molar-refractivity contribution >= 4 is 18.2 Å². The number of amides is 2. The SMILES string of the molecule is C[C@@H](C(=O)O)N(C(=O)O)C(=O)O.[H-].[H-].[H-].[Na+].[Na+].[Na+]. The maximum absolute atomic E-state index is 10.2. The molecule has 2 amide bonds. The molecule has 0 aromatic heterocycles. The predicted octanol–water partition coefficient (Wildman–Crippen LogP) is -8.53. The van der Waals surface area contributed by atoms with E-state index in [2.05, 4.69) is 0 Å². The summed E-state index contributed by atoms with van der Waals surface area (Å²) in [5.41, 5.74) is 0. The minimum atomic E-state index is -1.81. The van der Waals surface area contributed by atoms with E-state index in [1.165, 1.54) is 0 Å². The van der Waals surface area contributed by atoms with Gasteiger partial charge >= 0.3 is 107 Å². The molecule has 0 aromatic rings. The predicted molar refractivity (Wildman–Crippen MR) is 38.3 cm³/mol. The Morgan fingerprint density at radius 1 is 1.00 bits per heavy atom. The van der Waals surface area contributed by atoms with Crippen LogP contribution >= 0.6 is 0 Å². The molecule has 1 atom stereocenters. The summed E-state index contributed by atoms with van der Waals surface area (Å²) in [6, 6.07) is -1.60.